The van der Waals surface area contributed by atoms with Crippen LogP contribution in [-0.4, -0.2) is 38.0 Å². The molecule has 2 rings (SSSR count). The van der Waals surface area contributed by atoms with Gasteiger partial charge < -0.3 is 20.1 Å². The Morgan fingerprint density at radius 3 is 2.47 bits per heavy atom. The number of ether oxygens (including phenoxy) is 2. The minimum Gasteiger partial charge on any atom is -0.497 e. The molecule has 0 saturated carbocycles. The van der Waals surface area contributed by atoms with E-state index in [4.69, 9.17) is 9.47 Å². The van der Waals surface area contributed by atoms with Gasteiger partial charge in [0.2, 0.25) is 11.8 Å². The van der Waals surface area contributed by atoms with Crippen molar-refractivity contribution in [2.75, 3.05) is 25.6 Å². The van der Waals surface area contributed by atoms with Crippen LogP contribution < -0.4 is 15.4 Å². The number of carbonyl (C=O) groups excluding carboxylic acids is 3. The van der Waals surface area contributed by atoms with Gasteiger partial charge in [-0.2, -0.15) is 0 Å². The molecule has 0 bridgehead atoms. The van der Waals surface area contributed by atoms with E-state index in [2.05, 4.69) is 10.6 Å². The third kappa shape index (κ3) is 6.45. The number of thiophene rings is 1. The van der Waals surface area contributed by atoms with Gasteiger partial charge in [-0.05, 0) is 50.1 Å². The Balaban J connectivity index is 1.85. The van der Waals surface area contributed by atoms with Crippen molar-refractivity contribution < 1.29 is 23.9 Å². The van der Waals surface area contributed by atoms with Crippen molar-refractivity contribution in [3.05, 3.63) is 51.9 Å². The van der Waals surface area contributed by atoms with Gasteiger partial charge in [0.25, 0.3) is 0 Å². The molecule has 0 unspecified atom stereocenters. The van der Waals surface area contributed by atoms with Crippen LogP contribution in [0.25, 0.3) is 6.08 Å². The van der Waals surface area contributed by atoms with Crippen molar-refractivity contribution in [3.63, 3.8) is 0 Å². The third-order valence-corrected chi connectivity index (χ3v) is 5.43. The van der Waals surface area contributed by atoms with Crippen molar-refractivity contribution in [1.82, 2.24) is 5.32 Å². The fourth-order valence-electron chi connectivity index (χ4n) is 2.60. The first-order valence-electron chi connectivity index (χ1n) is 9.52. The Morgan fingerprint density at radius 1 is 1.13 bits per heavy atom. The van der Waals surface area contributed by atoms with Gasteiger partial charge in [0.05, 0.1) is 19.3 Å². The Hall–Kier alpha value is -3.13. The van der Waals surface area contributed by atoms with E-state index in [1.165, 1.54) is 17.4 Å². The zero-order valence-corrected chi connectivity index (χ0v) is 18.4. The summed E-state index contributed by atoms with van der Waals surface area (Å²) >= 11 is 1.33. The van der Waals surface area contributed by atoms with Gasteiger partial charge >= 0.3 is 5.97 Å². The molecule has 2 aromatic rings. The Kier molecular flexibility index (Phi) is 8.61. The number of carbonyl (C=O) groups is 3. The maximum atomic E-state index is 12.2. The van der Waals surface area contributed by atoms with Crippen molar-refractivity contribution >= 4 is 40.2 Å². The number of benzene rings is 1. The minimum atomic E-state index is -0.452. The van der Waals surface area contributed by atoms with Crippen LogP contribution in [0.2, 0.25) is 0 Å². The van der Waals surface area contributed by atoms with Crippen molar-refractivity contribution in [2.24, 2.45) is 0 Å². The highest BCUT2D eigenvalue weighted by atomic mass is 32.1. The number of anilines is 1. The summed E-state index contributed by atoms with van der Waals surface area (Å²) in [7, 11) is 1.59. The van der Waals surface area contributed by atoms with Crippen LogP contribution in [0.5, 0.6) is 5.75 Å². The molecule has 0 spiro atoms. The lowest BCUT2D eigenvalue weighted by Crippen LogP contribution is -2.26. The maximum Gasteiger partial charge on any atom is 0.341 e. The van der Waals surface area contributed by atoms with Crippen molar-refractivity contribution in [1.29, 1.82) is 0 Å². The number of amides is 2. The zero-order chi connectivity index (χ0) is 22.1. The minimum absolute atomic E-state index is 0.0837. The summed E-state index contributed by atoms with van der Waals surface area (Å²) in [5.41, 5.74) is 2.04. The summed E-state index contributed by atoms with van der Waals surface area (Å²) in [5, 5.41) is 5.89. The van der Waals surface area contributed by atoms with E-state index in [1.54, 1.807) is 32.2 Å². The average Bonchev–Trinajstić information content (AvgIpc) is 3.00. The number of aryl methyl sites for hydroxylation is 1. The van der Waals surface area contributed by atoms with Gasteiger partial charge in [0.15, 0.2) is 0 Å². The molecule has 0 aliphatic carbocycles. The fraction of sp³-hybridized carbons (Fsp3) is 0.318. The smallest absolute Gasteiger partial charge is 0.341 e. The number of hydrogen-bond donors (Lipinski definition) is 2. The Morgan fingerprint density at radius 2 is 1.83 bits per heavy atom. The van der Waals surface area contributed by atoms with E-state index < -0.39 is 5.97 Å². The first-order valence-corrected chi connectivity index (χ1v) is 10.3. The summed E-state index contributed by atoms with van der Waals surface area (Å²) in [5.74, 6) is -0.300. The largest absolute Gasteiger partial charge is 0.497 e. The fourth-order valence-corrected chi connectivity index (χ4v) is 3.66. The molecule has 1 aromatic heterocycles. The van der Waals surface area contributed by atoms with Crippen LogP contribution in [0, 0.1) is 13.8 Å². The summed E-state index contributed by atoms with van der Waals surface area (Å²) in [4.78, 5) is 37.3. The standard InChI is InChI=1S/C22H26N2O5S/c1-5-29-22(27)20-14(2)15(3)30-21(20)24-19(26)12-13-23-18(25)11-8-16-6-9-17(28-4)10-7-16/h6-11H,5,12-13H2,1-4H3,(H,23,25)(H,24,26)/b11-8+. The van der Waals surface area contributed by atoms with Crippen LogP contribution >= 0.6 is 11.3 Å². The van der Waals surface area contributed by atoms with Crippen molar-refractivity contribution in [2.45, 2.75) is 27.2 Å². The molecule has 160 valence electrons. The second kappa shape index (κ2) is 11.2. The van der Waals surface area contributed by atoms with E-state index in [0.29, 0.717) is 10.6 Å². The normalized spacial score (nSPS) is 10.7. The van der Waals surface area contributed by atoms with E-state index in [9.17, 15) is 14.4 Å². The van der Waals surface area contributed by atoms with Gasteiger partial charge in [0.1, 0.15) is 10.8 Å². The SMILES string of the molecule is CCOC(=O)c1c(NC(=O)CCNC(=O)/C=C/c2ccc(OC)cc2)sc(C)c1C. The summed E-state index contributed by atoms with van der Waals surface area (Å²) in [6.07, 6.45) is 3.17. The van der Waals surface area contributed by atoms with E-state index >= 15 is 0 Å². The summed E-state index contributed by atoms with van der Waals surface area (Å²) in [6, 6.07) is 7.28. The van der Waals surface area contributed by atoms with Gasteiger partial charge in [-0.1, -0.05) is 12.1 Å². The van der Waals surface area contributed by atoms with Crippen LogP contribution in [0.4, 0.5) is 5.00 Å². The molecule has 1 aromatic carbocycles. The highest BCUT2D eigenvalue weighted by Gasteiger charge is 2.21. The van der Waals surface area contributed by atoms with E-state index in [0.717, 1.165) is 21.8 Å². The lowest BCUT2D eigenvalue weighted by molar-refractivity contribution is -0.117. The predicted octanol–water partition coefficient (Wildman–Crippen LogP) is 3.71. The molecular formula is C22H26N2O5S. The molecular weight excluding hydrogens is 404 g/mol. The van der Waals surface area contributed by atoms with Crippen LogP contribution in [0.1, 0.15) is 39.7 Å². The number of hydrogen-bond acceptors (Lipinski definition) is 6. The van der Waals surface area contributed by atoms with Gasteiger partial charge in [-0.25, -0.2) is 4.79 Å². The predicted molar refractivity (Wildman–Crippen MR) is 118 cm³/mol. The van der Waals surface area contributed by atoms with E-state index in [1.807, 2.05) is 26.0 Å². The Bertz CT molecular complexity index is 932. The van der Waals surface area contributed by atoms with Crippen LogP contribution in [0.15, 0.2) is 30.3 Å². The molecule has 30 heavy (non-hydrogen) atoms. The first kappa shape index (κ1) is 23.2. The maximum absolute atomic E-state index is 12.2. The highest BCUT2D eigenvalue weighted by molar-refractivity contribution is 7.16. The molecule has 0 atom stereocenters. The van der Waals surface area contributed by atoms with Crippen molar-refractivity contribution in [3.8, 4) is 5.75 Å². The molecule has 2 N–H and O–H groups in total. The first-order chi connectivity index (χ1) is 14.3. The molecule has 8 heteroatoms. The molecule has 1 heterocycles. The zero-order valence-electron chi connectivity index (χ0n) is 17.5. The Labute approximate surface area is 180 Å². The lowest BCUT2D eigenvalue weighted by Gasteiger charge is -2.07. The number of nitrogens with one attached hydrogen (secondary N) is 2. The second-order valence-electron chi connectivity index (χ2n) is 6.40. The lowest BCUT2D eigenvalue weighted by atomic mass is 10.1. The summed E-state index contributed by atoms with van der Waals surface area (Å²) in [6.45, 7) is 5.87. The topological polar surface area (TPSA) is 93.7 Å². The monoisotopic (exact) mass is 430 g/mol. The van der Waals surface area contributed by atoms with Gasteiger partial charge in [0, 0.05) is 23.9 Å². The number of esters is 1. The molecule has 0 aliphatic heterocycles. The third-order valence-electron chi connectivity index (χ3n) is 4.31. The number of methoxy groups -OCH3 is 1. The quantitative estimate of drug-likeness (QED) is 0.467. The van der Waals surface area contributed by atoms with E-state index in [-0.39, 0.29) is 31.4 Å². The second-order valence-corrected chi connectivity index (χ2v) is 7.63. The molecule has 0 saturated heterocycles. The number of rotatable bonds is 9. The molecule has 7 nitrogen and oxygen atoms in total. The van der Waals surface area contributed by atoms with Crippen LogP contribution in [0.3, 0.4) is 0 Å². The van der Waals surface area contributed by atoms with Gasteiger partial charge in [-0.15, -0.1) is 11.3 Å². The molecule has 0 radical (unpaired) electrons. The van der Waals surface area contributed by atoms with Crippen LogP contribution in [-0.2, 0) is 14.3 Å². The highest BCUT2D eigenvalue weighted by Crippen LogP contribution is 2.33. The molecule has 0 aliphatic rings. The van der Waals surface area contributed by atoms with Gasteiger partial charge in [-0.3, -0.25) is 9.59 Å². The average molecular weight is 431 g/mol. The molecule has 0 fully saturated rings. The molecule has 2 amide bonds. The summed E-state index contributed by atoms with van der Waals surface area (Å²) < 4.78 is 10.2.